The summed E-state index contributed by atoms with van der Waals surface area (Å²) in [6.07, 6.45) is -0.468. The fourth-order valence-corrected chi connectivity index (χ4v) is 2.46. The van der Waals surface area contributed by atoms with Crippen LogP contribution in [0, 0.1) is 5.82 Å². The van der Waals surface area contributed by atoms with Crippen LogP contribution in [0.3, 0.4) is 0 Å². The number of rotatable bonds is 1. The van der Waals surface area contributed by atoms with E-state index in [9.17, 15) is 9.18 Å². The molecule has 1 aromatic rings. The van der Waals surface area contributed by atoms with E-state index in [2.05, 4.69) is 15.9 Å². The summed E-state index contributed by atoms with van der Waals surface area (Å²) in [7, 11) is 0. The highest BCUT2D eigenvalue weighted by Gasteiger charge is 2.27. The maximum Gasteiger partial charge on any atom is 0.414 e. The van der Waals surface area contributed by atoms with Crippen LogP contribution in [0.4, 0.5) is 14.9 Å². The highest BCUT2D eigenvalue weighted by molar-refractivity contribution is 9.10. The summed E-state index contributed by atoms with van der Waals surface area (Å²) in [6, 6.07) is 2.42. The first-order valence-corrected chi connectivity index (χ1v) is 5.35. The molecule has 2 rings (SSSR count). The Morgan fingerprint density at radius 2 is 2.27 bits per heavy atom. The maximum atomic E-state index is 12.9. The van der Waals surface area contributed by atoms with Gasteiger partial charge in [0.15, 0.2) is 0 Å². The number of benzene rings is 1. The molecule has 6 heteroatoms. The molecular weight excluding hydrogens is 288 g/mol. The minimum Gasteiger partial charge on any atom is -0.447 e. The van der Waals surface area contributed by atoms with E-state index >= 15 is 0 Å². The first kappa shape index (κ1) is 10.7. The van der Waals surface area contributed by atoms with E-state index in [1.54, 1.807) is 0 Å². The number of carbonyl (C=O) groups excluding carboxylic acids is 1. The van der Waals surface area contributed by atoms with Crippen molar-refractivity contribution in [1.82, 2.24) is 0 Å². The number of halogens is 3. The van der Waals surface area contributed by atoms with Crippen molar-refractivity contribution in [1.29, 1.82) is 0 Å². The van der Waals surface area contributed by atoms with Gasteiger partial charge in [0.2, 0.25) is 0 Å². The molecule has 1 aromatic carbocycles. The molecule has 0 bridgehead atoms. The summed E-state index contributed by atoms with van der Waals surface area (Å²) >= 11 is 9.02. The second-order valence-electron chi connectivity index (χ2n) is 2.98. The van der Waals surface area contributed by atoms with Gasteiger partial charge >= 0.3 is 6.09 Å². The van der Waals surface area contributed by atoms with Crippen LogP contribution in [0.5, 0.6) is 0 Å². The lowest BCUT2D eigenvalue weighted by atomic mass is 10.3. The topological polar surface area (TPSA) is 29.5 Å². The first-order chi connectivity index (χ1) is 7.09. The second kappa shape index (κ2) is 3.98. The lowest BCUT2D eigenvalue weighted by Gasteiger charge is -2.16. The third-order valence-corrected chi connectivity index (χ3v) is 2.91. The highest BCUT2D eigenvalue weighted by atomic mass is 79.9. The molecule has 80 valence electrons. The minimum atomic E-state index is -0.468. The quantitative estimate of drug-likeness (QED) is 0.796. The summed E-state index contributed by atoms with van der Waals surface area (Å²) in [4.78, 5) is 12.7. The van der Waals surface area contributed by atoms with Crippen molar-refractivity contribution in [3.63, 3.8) is 0 Å². The van der Waals surface area contributed by atoms with Gasteiger partial charge in [0.1, 0.15) is 12.4 Å². The molecule has 0 saturated carbocycles. The van der Waals surface area contributed by atoms with Crippen LogP contribution in [-0.4, -0.2) is 19.2 Å². The smallest absolute Gasteiger partial charge is 0.414 e. The number of hydrogen-bond acceptors (Lipinski definition) is 2. The van der Waals surface area contributed by atoms with Crippen molar-refractivity contribution in [3.8, 4) is 0 Å². The van der Waals surface area contributed by atoms with E-state index in [1.807, 2.05) is 0 Å². The van der Waals surface area contributed by atoms with Crippen molar-refractivity contribution >= 4 is 39.3 Å². The molecule has 1 heterocycles. The molecule has 1 aliphatic rings. The first-order valence-electron chi connectivity index (χ1n) is 4.18. The highest BCUT2D eigenvalue weighted by Crippen LogP contribution is 2.36. The van der Waals surface area contributed by atoms with Crippen LogP contribution >= 0.6 is 27.5 Å². The van der Waals surface area contributed by atoms with Crippen LogP contribution in [-0.2, 0) is 4.74 Å². The van der Waals surface area contributed by atoms with Crippen molar-refractivity contribution in [3.05, 3.63) is 27.4 Å². The van der Waals surface area contributed by atoms with E-state index in [4.69, 9.17) is 16.3 Å². The van der Waals surface area contributed by atoms with Gasteiger partial charge in [0.25, 0.3) is 0 Å². The molecular formula is C9H6BrClFNO2. The number of carbonyl (C=O) groups is 1. The lowest BCUT2D eigenvalue weighted by molar-refractivity contribution is 0.181. The number of ether oxygens (including phenoxy) is 1. The van der Waals surface area contributed by atoms with Gasteiger partial charge in [-0.1, -0.05) is 11.6 Å². The van der Waals surface area contributed by atoms with Gasteiger partial charge in [-0.15, -0.1) is 0 Å². The molecule has 0 aromatic heterocycles. The monoisotopic (exact) mass is 293 g/mol. The summed E-state index contributed by atoms with van der Waals surface area (Å²) < 4.78 is 18.2. The molecule has 1 fully saturated rings. The summed E-state index contributed by atoms with van der Waals surface area (Å²) in [5, 5.41) is 0.181. The van der Waals surface area contributed by atoms with Gasteiger partial charge in [0, 0.05) is 4.47 Å². The molecule has 0 atom stereocenters. The van der Waals surface area contributed by atoms with Gasteiger partial charge < -0.3 is 4.74 Å². The average molecular weight is 295 g/mol. The van der Waals surface area contributed by atoms with Crippen molar-refractivity contribution in [2.45, 2.75) is 0 Å². The Kier molecular flexibility index (Phi) is 2.84. The molecule has 0 N–H and O–H groups in total. The molecule has 0 unspecified atom stereocenters. The van der Waals surface area contributed by atoms with Crippen LogP contribution < -0.4 is 4.90 Å². The second-order valence-corrected chi connectivity index (χ2v) is 4.25. The third kappa shape index (κ3) is 1.94. The van der Waals surface area contributed by atoms with E-state index < -0.39 is 11.9 Å². The minimum absolute atomic E-state index is 0.181. The van der Waals surface area contributed by atoms with Crippen LogP contribution in [0.15, 0.2) is 16.6 Å². The van der Waals surface area contributed by atoms with Gasteiger partial charge in [0.05, 0.1) is 17.3 Å². The van der Waals surface area contributed by atoms with Crippen molar-refractivity contribution in [2.75, 3.05) is 18.1 Å². The number of hydrogen-bond donors (Lipinski definition) is 0. The molecule has 1 amide bonds. The molecule has 1 saturated heterocycles. The molecule has 0 radical (unpaired) electrons. The fraction of sp³-hybridized carbons (Fsp3) is 0.222. The zero-order valence-corrected chi connectivity index (χ0v) is 9.81. The van der Waals surface area contributed by atoms with Gasteiger partial charge in [-0.25, -0.2) is 9.18 Å². The predicted octanol–water partition coefficient (Wildman–Crippen LogP) is 3.20. The Labute approximate surface area is 98.9 Å². The van der Waals surface area contributed by atoms with E-state index in [0.29, 0.717) is 23.3 Å². The Bertz CT molecular complexity index is 404. The normalized spacial score (nSPS) is 15.7. The van der Waals surface area contributed by atoms with Gasteiger partial charge in [-0.2, -0.15) is 0 Å². The number of nitrogens with zero attached hydrogens (tertiary/aromatic N) is 1. The zero-order chi connectivity index (χ0) is 11.0. The number of anilines is 1. The SMILES string of the molecule is O=C1OCCN1c1c(Cl)cc(F)cc1Br. The molecule has 1 aliphatic heterocycles. The zero-order valence-electron chi connectivity index (χ0n) is 7.47. The van der Waals surface area contributed by atoms with E-state index in [-0.39, 0.29) is 5.02 Å². The van der Waals surface area contributed by atoms with E-state index in [1.165, 1.54) is 11.0 Å². The standard InChI is InChI=1S/C9H6BrClFNO2/c10-6-3-5(12)4-7(11)8(6)13-1-2-15-9(13)14/h3-4H,1-2H2. The number of cyclic esters (lactones) is 1. The maximum absolute atomic E-state index is 12.9. The Morgan fingerprint density at radius 1 is 1.53 bits per heavy atom. The predicted molar refractivity (Wildman–Crippen MR) is 57.8 cm³/mol. The largest absolute Gasteiger partial charge is 0.447 e. The van der Waals surface area contributed by atoms with Crippen LogP contribution in [0.1, 0.15) is 0 Å². The average Bonchev–Trinajstić information content (AvgIpc) is 2.50. The van der Waals surface area contributed by atoms with Crippen molar-refractivity contribution < 1.29 is 13.9 Å². The molecule has 0 aliphatic carbocycles. The third-order valence-electron chi connectivity index (χ3n) is 2.01. The Hall–Kier alpha value is -0.810. The van der Waals surface area contributed by atoms with E-state index in [0.717, 1.165) is 6.07 Å². The van der Waals surface area contributed by atoms with Gasteiger partial charge in [-0.05, 0) is 28.1 Å². The summed E-state index contributed by atoms with van der Waals surface area (Å²) in [5.74, 6) is -0.455. The van der Waals surface area contributed by atoms with Crippen molar-refractivity contribution in [2.24, 2.45) is 0 Å². The molecule has 3 nitrogen and oxygen atoms in total. The van der Waals surface area contributed by atoms with Crippen LogP contribution in [0.25, 0.3) is 0 Å². The molecule has 0 spiro atoms. The lowest BCUT2D eigenvalue weighted by Crippen LogP contribution is -2.24. The molecule has 15 heavy (non-hydrogen) atoms. The summed E-state index contributed by atoms with van der Waals surface area (Å²) in [5.41, 5.74) is 0.445. The Balaban J connectivity index is 2.47. The van der Waals surface area contributed by atoms with Crippen LogP contribution in [0.2, 0.25) is 5.02 Å². The van der Waals surface area contributed by atoms with Gasteiger partial charge in [-0.3, -0.25) is 4.90 Å². The Morgan fingerprint density at radius 3 is 2.80 bits per heavy atom. The summed E-state index contributed by atoms with van der Waals surface area (Å²) in [6.45, 7) is 0.738. The fourth-order valence-electron chi connectivity index (χ4n) is 1.39. The number of amides is 1.